The zero-order chi connectivity index (χ0) is 16.5. The molecule has 0 spiro atoms. The quantitative estimate of drug-likeness (QED) is 0.908. The van der Waals surface area contributed by atoms with Gasteiger partial charge >= 0.3 is 0 Å². The van der Waals surface area contributed by atoms with Gasteiger partial charge in [0.05, 0.1) is 24.9 Å². The summed E-state index contributed by atoms with van der Waals surface area (Å²) in [5, 5.41) is 7.23. The number of fused-ring (bicyclic) bond motifs is 3. The number of carbonyl (C=O) groups is 1. The maximum atomic E-state index is 13.0. The topological polar surface area (TPSA) is 61.5 Å². The number of benzene rings is 1. The summed E-state index contributed by atoms with van der Waals surface area (Å²) in [6.07, 6.45) is 0. The summed E-state index contributed by atoms with van der Waals surface area (Å²) in [5.74, 6) is 0.378. The molecule has 0 aliphatic carbocycles. The Balaban J connectivity index is 1.58. The number of likely N-dealkylation sites (N-methyl/N-ethyl adjacent to an activating group) is 1. The van der Waals surface area contributed by atoms with Crippen LogP contribution in [0.5, 0.6) is 0 Å². The van der Waals surface area contributed by atoms with E-state index < -0.39 is 0 Å². The molecule has 3 heterocycles. The van der Waals surface area contributed by atoms with Crippen molar-refractivity contribution in [3.8, 4) is 11.3 Å². The standard InChI is InChI=1S/C18H22N4O2/c1-21-8-13-9-22(15(10-21)12-24-11-13)18(23)17-7-16(19-20-17)14-5-3-2-4-6-14/h2-7,13,15H,8-12H2,1H3,(H,19,20)/t13-,15-/m0/s1. The highest BCUT2D eigenvalue weighted by Crippen LogP contribution is 2.22. The number of aromatic nitrogens is 2. The van der Waals surface area contributed by atoms with Gasteiger partial charge in [-0.25, -0.2) is 0 Å². The van der Waals surface area contributed by atoms with E-state index in [0.717, 1.165) is 37.5 Å². The van der Waals surface area contributed by atoms with Crippen LogP contribution >= 0.6 is 0 Å². The normalized spacial score (nSPS) is 24.6. The van der Waals surface area contributed by atoms with Crippen molar-refractivity contribution in [3.63, 3.8) is 0 Å². The molecule has 2 fully saturated rings. The first kappa shape index (κ1) is 15.4. The molecule has 2 bridgehead atoms. The Bertz CT molecular complexity index is 715. The number of nitrogens with zero attached hydrogens (tertiary/aromatic N) is 3. The van der Waals surface area contributed by atoms with Crippen LogP contribution in [0.15, 0.2) is 36.4 Å². The van der Waals surface area contributed by atoms with Crippen LogP contribution in [0.2, 0.25) is 0 Å². The fourth-order valence-electron chi connectivity index (χ4n) is 3.67. The van der Waals surface area contributed by atoms with Gasteiger partial charge in [-0.05, 0) is 13.1 Å². The average molecular weight is 326 g/mol. The molecule has 1 aromatic carbocycles. The summed E-state index contributed by atoms with van der Waals surface area (Å²) in [4.78, 5) is 17.3. The van der Waals surface area contributed by atoms with Crippen molar-refractivity contribution >= 4 is 5.91 Å². The SMILES string of the molecule is CN1C[C@@H]2COC[C@H](C1)N(C(=O)c1cc(-c3ccccc3)n[nH]1)C2. The molecule has 6 heteroatoms. The fraction of sp³-hybridized carbons (Fsp3) is 0.444. The highest BCUT2D eigenvalue weighted by Gasteiger charge is 2.35. The van der Waals surface area contributed by atoms with E-state index in [0.29, 0.717) is 18.2 Å². The number of carbonyl (C=O) groups excluding carboxylic acids is 1. The Kier molecular flexibility index (Phi) is 4.08. The summed E-state index contributed by atoms with van der Waals surface area (Å²) >= 11 is 0. The lowest BCUT2D eigenvalue weighted by atomic mass is 10.1. The molecule has 2 aliphatic rings. The van der Waals surface area contributed by atoms with Gasteiger partial charge in [0.25, 0.3) is 5.91 Å². The van der Waals surface area contributed by atoms with Gasteiger partial charge in [-0.15, -0.1) is 0 Å². The third-order valence-corrected chi connectivity index (χ3v) is 4.79. The van der Waals surface area contributed by atoms with E-state index in [9.17, 15) is 4.79 Å². The van der Waals surface area contributed by atoms with Gasteiger partial charge in [0.1, 0.15) is 5.69 Å². The molecule has 1 amide bonds. The van der Waals surface area contributed by atoms with Crippen molar-refractivity contribution in [2.45, 2.75) is 6.04 Å². The molecule has 2 aliphatic heterocycles. The van der Waals surface area contributed by atoms with Crippen LogP contribution in [-0.4, -0.2) is 71.8 Å². The minimum absolute atomic E-state index is 0.0143. The molecule has 4 rings (SSSR count). The molecule has 0 unspecified atom stereocenters. The van der Waals surface area contributed by atoms with Crippen molar-refractivity contribution in [2.24, 2.45) is 5.92 Å². The third-order valence-electron chi connectivity index (χ3n) is 4.79. The molecule has 126 valence electrons. The molecular weight excluding hydrogens is 304 g/mol. The lowest BCUT2D eigenvalue weighted by molar-refractivity contribution is 0.0480. The monoisotopic (exact) mass is 326 g/mol. The highest BCUT2D eigenvalue weighted by molar-refractivity contribution is 5.93. The van der Waals surface area contributed by atoms with Gasteiger partial charge < -0.3 is 14.5 Å². The van der Waals surface area contributed by atoms with E-state index in [2.05, 4.69) is 22.1 Å². The Morgan fingerprint density at radius 1 is 1.21 bits per heavy atom. The van der Waals surface area contributed by atoms with Crippen molar-refractivity contribution in [1.29, 1.82) is 0 Å². The zero-order valence-corrected chi connectivity index (χ0v) is 13.8. The first-order chi connectivity index (χ1) is 11.7. The van der Waals surface area contributed by atoms with Gasteiger partial charge in [0, 0.05) is 31.1 Å². The second-order valence-electron chi connectivity index (χ2n) is 6.77. The largest absolute Gasteiger partial charge is 0.379 e. The smallest absolute Gasteiger partial charge is 0.272 e. The number of hydrogen-bond donors (Lipinski definition) is 1. The minimum atomic E-state index is 0.0143. The summed E-state index contributed by atoms with van der Waals surface area (Å²) in [6, 6.07) is 11.8. The van der Waals surface area contributed by atoms with E-state index in [1.165, 1.54) is 0 Å². The van der Waals surface area contributed by atoms with Crippen molar-refractivity contribution in [1.82, 2.24) is 20.0 Å². The first-order valence-electron chi connectivity index (χ1n) is 8.39. The lowest BCUT2D eigenvalue weighted by Crippen LogP contribution is -2.46. The molecule has 0 saturated carbocycles. The second-order valence-corrected chi connectivity index (χ2v) is 6.77. The first-order valence-corrected chi connectivity index (χ1v) is 8.39. The molecule has 2 atom stereocenters. The molecular formula is C18H22N4O2. The molecule has 0 radical (unpaired) electrons. The van der Waals surface area contributed by atoms with E-state index >= 15 is 0 Å². The van der Waals surface area contributed by atoms with Crippen LogP contribution in [0, 0.1) is 5.92 Å². The zero-order valence-electron chi connectivity index (χ0n) is 13.8. The number of nitrogens with one attached hydrogen (secondary N) is 1. The molecule has 2 aromatic rings. The van der Waals surface area contributed by atoms with Crippen LogP contribution in [0.1, 0.15) is 10.5 Å². The molecule has 6 nitrogen and oxygen atoms in total. The fourth-order valence-corrected chi connectivity index (χ4v) is 3.67. The van der Waals surface area contributed by atoms with Crippen LogP contribution in [-0.2, 0) is 4.74 Å². The van der Waals surface area contributed by atoms with E-state index in [-0.39, 0.29) is 11.9 Å². The number of rotatable bonds is 2. The summed E-state index contributed by atoms with van der Waals surface area (Å²) in [5.41, 5.74) is 2.35. The number of amides is 1. The Morgan fingerprint density at radius 2 is 2.04 bits per heavy atom. The predicted octanol–water partition coefficient (Wildman–Crippen LogP) is 1.48. The number of H-pyrrole nitrogens is 1. The van der Waals surface area contributed by atoms with Gasteiger partial charge in [-0.1, -0.05) is 30.3 Å². The molecule has 1 aromatic heterocycles. The Hall–Kier alpha value is -2.18. The van der Waals surface area contributed by atoms with Crippen molar-refractivity contribution in [2.75, 3.05) is 39.9 Å². The molecule has 2 saturated heterocycles. The van der Waals surface area contributed by atoms with E-state index in [4.69, 9.17) is 4.74 Å². The number of hydrogen-bond acceptors (Lipinski definition) is 4. The van der Waals surface area contributed by atoms with Gasteiger partial charge in [0.2, 0.25) is 0 Å². The van der Waals surface area contributed by atoms with Crippen LogP contribution in [0.25, 0.3) is 11.3 Å². The number of aromatic amines is 1. The van der Waals surface area contributed by atoms with Gasteiger partial charge in [-0.2, -0.15) is 5.10 Å². The van der Waals surface area contributed by atoms with Crippen molar-refractivity contribution in [3.05, 3.63) is 42.1 Å². The lowest BCUT2D eigenvalue weighted by Gasteiger charge is -2.29. The van der Waals surface area contributed by atoms with E-state index in [1.807, 2.05) is 41.3 Å². The maximum absolute atomic E-state index is 13.0. The minimum Gasteiger partial charge on any atom is -0.379 e. The van der Waals surface area contributed by atoms with Gasteiger partial charge in [-0.3, -0.25) is 9.89 Å². The maximum Gasteiger partial charge on any atom is 0.272 e. The van der Waals surface area contributed by atoms with Crippen LogP contribution < -0.4 is 0 Å². The van der Waals surface area contributed by atoms with Crippen LogP contribution in [0.4, 0.5) is 0 Å². The summed E-state index contributed by atoms with van der Waals surface area (Å²) < 4.78 is 5.75. The average Bonchev–Trinajstić information content (AvgIpc) is 2.92. The van der Waals surface area contributed by atoms with Gasteiger partial charge in [0.15, 0.2) is 0 Å². The second kappa shape index (κ2) is 6.37. The Labute approximate surface area is 141 Å². The molecule has 24 heavy (non-hydrogen) atoms. The number of ether oxygens (including phenoxy) is 1. The Morgan fingerprint density at radius 3 is 2.88 bits per heavy atom. The van der Waals surface area contributed by atoms with Crippen LogP contribution in [0.3, 0.4) is 0 Å². The predicted molar refractivity (Wildman–Crippen MR) is 90.7 cm³/mol. The van der Waals surface area contributed by atoms with Crippen molar-refractivity contribution < 1.29 is 9.53 Å². The highest BCUT2D eigenvalue weighted by atomic mass is 16.5. The summed E-state index contributed by atoms with van der Waals surface area (Å²) in [7, 11) is 2.11. The van der Waals surface area contributed by atoms with E-state index in [1.54, 1.807) is 0 Å². The summed E-state index contributed by atoms with van der Waals surface area (Å²) in [6.45, 7) is 3.89. The third kappa shape index (κ3) is 2.95. The molecule has 1 N–H and O–H groups in total.